The van der Waals surface area contributed by atoms with Gasteiger partial charge in [-0.3, -0.25) is 4.79 Å². The van der Waals surface area contributed by atoms with E-state index in [-0.39, 0.29) is 6.54 Å². The highest BCUT2D eigenvalue weighted by Gasteiger charge is 2.24. The summed E-state index contributed by atoms with van der Waals surface area (Å²) >= 11 is 0. The van der Waals surface area contributed by atoms with Crippen LogP contribution in [0.15, 0.2) is 30.3 Å². The Bertz CT molecular complexity index is 551. The van der Waals surface area contributed by atoms with Gasteiger partial charge in [-0.05, 0) is 32.9 Å². The van der Waals surface area contributed by atoms with Crippen molar-refractivity contribution >= 4 is 18.0 Å². The van der Waals surface area contributed by atoms with Crippen molar-refractivity contribution in [3.05, 3.63) is 35.9 Å². The van der Waals surface area contributed by atoms with E-state index < -0.39 is 29.6 Å². The van der Waals surface area contributed by atoms with Gasteiger partial charge in [0.25, 0.3) is 5.91 Å². The Morgan fingerprint density at radius 2 is 1.74 bits per heavy atom. The fraction of sp³-hybridized carbons (Fsp3) is 0.438. The van der Waals surface area contributed by atoms with Crippen LogP contribution in [0.3, 0.4) is 0 Å². The predicted octanol–water partition coefficient (Wildman–Crippen LogP) is 1.48. The number of hydrogen-bond acceptors (Lipinski definition) is 5. The zero-order chi connectivity index (χ0) is 17.5. The fourth-order valence-electron chi connectivity index (χ4n) is 1.67. The van der Waals surface area contributed by atoms with Crippen LogP contribution in [-0.2, 0) is 14.3 Å². The highest BCUT2D eigenvalue weighted by atomic mass is 16.6. The number of carbonyl (C=O) groups excluding carboxylic acids is 3. The maximum absolute atomic E-state index is 12.1. The summed E-state index contributed by atoms with van der Waals surface area (Å²) in [4.78, 5) is 35.5. The van der Waals surface area contributed by atoms with Gasteiger partial charge in [0, 0.05) is 5.56 Å². The first-order valence-electron chi connectivity index (χ1n) is 7.13. The fourth-order valence-corrected chi connectivity index (χ4v) is 1.67. The summed E-state index contributed by atoms with van der Waals surface area (Å²) < 4.78 is 9.71. The highest BCUT2D eigenvalue weighted by molar-refractivity contribution is 5.96. The quantitative estimate of drug-likeness (QED) is 0.801. The number of methoxy groups -OCH3 is 1. The molecule has 0 fully saturated rings. The van der Waals surface area contributed by atoms with Gasteiger partial charge >= 0.3 is 12.1 Å². The Labute approximate surface area is 135 Å². The molecule has 1 aromatic rings. The molecule has 0 aliphatic carbocycles. The van der Waals surface area contributed by atoms with E-state index in [1.54, 1.807) is 51.1 Å². The molecule has 2 amide bonds. The summed E-state index contributed by atoms with van der Waals surface area (Å²) in [5, 5.41) is 4.95. The average Bonchev–Trinajstić information content (AvgIpc) is 2.49. The van der Waals surface area contributed by atoms with Crippen molar-refractivity contribution in [3.8, 4) is 0 Å². The molecule has 2 N–H and O–H groups in total. The third-order valence-electron chi connectivity index (χ3n) is 2.68. The Morgan fingerprint density at radius 1 is 1.13 bits per heavy atom. The molecule has 0 aromatic heterocycles. The van der Waals surface area contributed by atoms with Crippen molar-refractivity contribution in [2.45, 2.75) is 32.4 Å². The second kappa shape index (κ2) is 8.17. The van der Waals surface area contributed by atoms with Gasteiger partial charge in [-0.1, -0.05) is 18.2 Å². The van der Waals surface area contributed by atoms with Gasteiger partial charge in [0.15, 0.2) is 0 Å². The molecule has 23 heavy (non-hydrogen) atoms. The first kappa shape index (κ1) is 18.5. The molecule has 0 unspecified atom stereocenters. The lowest BCUT2D eigenvalue weighted by atomic mass is 10.2. The number of benzene rings is 1. The molecule has 1 atom stereocenters. The lowest BCUT2D eigenvalue weighted by Crippen LogP contribution is -2.49. The molecule has 0 bridgehead atoms. The van der Waals surface area contributed by atoms with Gasteiger partial charge in [0.05, 0.1) is 13.7 Å². The number of esters is 1. The van der Waals surface area contributed by atoms with E-state index in [1.165, 1.54) is 7.11 Å². The lowest BCUT2D eigenvalue weighted by Gasteiger charge is -2.21. The van der Waals surface area contributed by atoms with E-state index in [0.29, 0.717) is 5.56 Å². The van der Waals surface area contributed by atoms with E-state index in [1.807, 2.05) is 0 Å². The number of carbonyl (C=O) groups is 3. The molecule has 0 spiro atoms. The van der Waals surface area contributed by atoms with Gasteiger partial charge in [-0.25, -0.2) is 9.59 Å². The number of amides is 2. The van der Waals surface area contributed by atoms with Crippen LogP contribution in [0.5, 0.6) is 0 Å². The van der Waals surface area contributed by atoms with Crippen molar-refractivity contribution in [2.24, 2.45) is 0 Å². The zero-order valence-electron chi connectivity index (χ0n) is 13.7. The summed E-state index contributed by atoms with van der Waals surface area (Å²) in [5.41, 5.74) is -0.253. The standard InChI is InChI=1S/C16H22N2O5/c1-16(2,3)23-15(21)17-10-12(14(20)22-4)18-13(19)11-8-6-5-7-9-11/h5-9,12H,10H2,1-4H3,(H,17,21)(H,18,19)/t12-/m0/s1. The normalized spacial score (nSPS) is 12.0. The minimum Gasteiger partial charge on any atom is -0.467 e. The van der Waals surface area contributed by atoms with Crippen LogP contribution in [0.25, 0.3) is 0 Å². The topological polar surface area (TPSA) is 93.7 Å². The second-order valence-corrected chi connectivity index (χ2v) is 5.80. The molecule has 0 heterocycles. The van der Waals surface area contributed by atoms with Crippen molar-refractivity contribution in [3.63, 3.8) is 0 Å². The second-order valence-electron chi connectivity index (χ2n) is 5.80. The van der Waals surface area contributed by atoms with Crippen LogP contribution in [-0.4, -0.2) is 43.3 Å². The molecule has 126 valence electrons. The monoisotopic (exact) mass is 322 g/mol. The van der Waals surface area contributed by atoms with Crippen molar-refractivity contribution in [1.29, 1.82) is 0 Å². The number of hydrogen-bond donors (Lipinski definition) is 2. The maximum Gasteiger partial charge on any atom is 0.407 e. The van der Waals surface area contributed by atoms with Crippen LogP contribution >= 0.6 is 0 Å². The van der Waals surface area contributed by atoms with E-state index in [4.69, 9.17) is 4.74 Å². The van der Waals surface area contributed by atoms with E-state index >= 15 is 0 Å². The van der Waals surface area contributed by atoms with Crippen LogP contribution in [0.4, 0.5) is 4.79 Å². The molecule has 0 saturated heterocycles. The SMILES string of the molecule is COC(=O)[C@H](CNC(=O)OC(C)(C)C)NC(=O)c1ccccc1. The van der Waals surface area contributed by atoms with E-state index in [9.17, 15) is 14.4 Å². The van der Waals surface area contributed by atoms with Gasteiger partial charge in [-0.15, -0.1) is 0 Å². The Kier molecular flexibility index (Phi) is 6.56. The molecule has 0 aliphatic rings. The Morgan fingerprint density at radius 3 is 2.26 bits per heavy atom. The van der Waals surface area contributed by atoms with Gasteiger partial charge in [-0.2, -0.15) is 0 Å². The van der Waals surface area contributed by atoms with E-state index in [2.05, 4.69) is 15.4 Å². The minimum atomic E-state index is -1.01. The molecule has 0 radical (unpaired) electrons. The minimum absolute atomic E-state index is 0.139. The molecule has 7 heteroatoms. The van der Waals surface area contributed by atoms with Crippen molar-refractivity contribution in [1.82, 2.24) is 10.6 Å². The Balaban J connectivity index is 2.65. The Hall–Kier alpha value is -2.57. The molecule has 1 rings (SSSR count). The largest absolute Gasteiger partial charge is 0.467 e. The molecule has 7 nitrogen and oxygen atoms in total. The van der Waals surface area contributed by atoms with E-state index in [0.717, 1.165) is 0 Å². The summed E-state index contributed by atoms with van der Waals surface area (Å²) in [5.74, 6) is -1.10. The van der Waals surface area contributed by atoms with Crippen molar-refractivity contribution in [2.75, 3.05) is 13.7 Å². The summed E-state index contributed by atoms with van der Waals surface area (Å²) in [7, 11) is 1.21. The number of ether oxygens (including phenoxy) is 2. The first-order chi connectivity index (χ1) is 10.7. The number of alkyl carbamates (subject to hydrolysis) is 1. The van der Waals surface area contributed by atoms with Gasteiger partial charge < -0.3 is 20.1 Å². The predicted molar refractivity (Wildman–Crippen MR) is 83.9 cm³/mol. The molecule has 1 aromatic carbocycles. The highest BCUT2D eigenvalue weighted by Crippen LogP contribution is 2.06. The first-order valence-corrected chi connectivity index (χ1v) is 7.13. The molecular weight excluding hydrogens is 300 g/mol. The van der Waals surface area contributed by atoms with Gasteiger partial charge in [0.1, 0.15) is 11.6 Å². The average molecular weight is 322 g/mol. The third kappa shape index (κ3) is 6.82. The number of nitrogens with one attached hydrogen (secondary N) is 2. The van der Waals surface area contributed by atoms with Gasteiger partial charge in [0.2, 0.25) is 0 Å². The maximum atomic E-state index is 12.1. The third-order valence-corrected chi connectivity index (χ3v) is 2.68. The van der Waals surface area contributed by atoms with Crippen LogP contribution in [0, 0.1) is 0 Å². The molecule has 0 aliphatic heterocycles. The summed E-state index contributed by atoms with van der Waals surface area (Å²) in [6.45, 7) is 5.03. The van der Waals surface area contributed by atoms with Crippen LogP contribution in [0.1, 0.15) is 31.1 Å². The van der Waals surface area contributed by atoms with Crippen LogP contribution in [0.2, 0.25) is 0 Å². The lowest BCUT2D eigenvalue weighted by molar-refractivity contribution is -0.142. The molecule has 0 saturated carbocycles. The van der Waals surface area contributed by atoms with Crippen LogP contribution < -0.4 is 10.6 Å². The molecular formula is C16H22N2O5. The number of rotatable bonds is 5. The zero-order valence-corrected chi connectivity index (χ0v) is 13.7. The summed E-state index contributed by atoms with van der Waals surface area (Å²) in [6.07, 6.45) is -0.680. The smallest absolute Gasteiger partial charge is 0.407 e. The van der Waals surface area contributed by atoms with Crippen molar-refractivity contribution < 1.29 is 23.9 Å². The summed E-state index contributed by atoms with van der Waals surface area (Å²) in [6, 6.07) is 7.41.